The van der Waals surface area contributed by atoms with Crippen molar-refractivity contribution < 1.29 is 34.8 Å². The monoisotopic (exact) mass is 546 g/mol. The SMILES string of the molecule is CN=CNc1ccc(-c2ccc(O)c3c2C[C@@H]2C[C@H]4[C@@H](N(C)C)C(=O)C(C(N)=O)=C(O)[C@@]4(O)C(=O)C2=C3O)cc1. The van der Waals surface area contributed by atoms with E-state index < -0.39 is 58.0 Å². The van der Waals surface area contributed by atoms with Crippen molar-refractivity contribution in [1.29, 1.82) is 0 Å². The van der Waals surface area contributed by atoms with Gasteiger partial charge in [-0.1, -0.05) is 18.2 Å². The average Bonchev–Trinajstić information content (AvgIpc) is 2.89. The molecule has 0 heterocycles. The first kappa shape index (κ1) is 27.1. The molecule has 1 amide bonds. The van der Waals surface area contributed by atoms with Crippen LogP contribution in [0.4, 0.5) is 5.69 Å². The van der Waals surface area contributed by atoms with Gasteiger partial charge in [0.25, 0.3) is 5.91 Å². The van der Waals surface area contributed by atoms with Crippen LogP contribution in [-0.2, 0) is 20.8 Å². The maximum absolute atomic E-state index is 13.9. The Morgan fingerprint density at radius 1 is 1.12 bits per heavy atom. The minimum Gasteiger partial charge on any atom is -0.508 e. The number of hydrogen-bond acceptors (Lipinski definition) is 9. The number of amides is 1. The highest BCUT2D eigenvalue weighted by Crippen LogP contribution is 2.53. The number of phenols is 1. The second kappa shape index (κ2) is 9.61. The quantitative estimate of drug-likeness (QED) is 0.184. The molecule has 1 fully saturated rings. The zero-order chi connectivity index (χ0) is 29.1. The number of aliphatic hydroxyl groups excluding tert-OH is 2. The van der Waals surface area contributed by atoms with Crippen LogP contribution in [0.2, 0.25) is 0 Å². The van der Waals surface area contributed by atoms with E-state index in [1.807, 2.05) is 24.3 Å². The van der Waals surface area contributed by atoms with Crippen molar-refractivity contribution in [2.24, 2.45) is 22.6 Å². The fraction of sp³-hybridized carbons (Fsp3) is 0.310. The molecular formula is C29H30N4O7. The van der Waals surface area contributed by atoms with Gasteiger partial charge in [-0.2, -0.15) is 0 Å². The number of hydrogen-bond donors (Lipinski definition) is 6. The van der Waals surface area contributed by atoms with Crippen LogP contribution in [0.3, 0.4) is 0 Å². The van der Waals surface area contributed by atoms with E-state index >= 15 is 0 Å². The molecule has 7 N–H and O–H groups in total. The second-order valence-electron chi connectivity index (χ2n) is 10.6. The third-order valence-corrected chi connectivity index (χ3v) is 8.16. The Balaban J connectivity index is 1.67. The molecule has 0 radical (unpaired) electrons. The molecule has 2 aromatic carbocycles. The number of aliphatic imine (C=N–C) groups is 1. The van der Waals surface area contributed by atoms with Crippen LogP contribution < -0.4 is 11.1 Å². The van der Waals surface area contributed by atoms with Gasteiger partial charge in [0.05, 0.1) is 17.9 Å². The summed E-state index contributed by atoms with van der Waals surface area (Å²) < 4.78 is 0. The number of likely N-dealkylation sites (N-methyl/N-ethyl adjacent to an activating group) is 1. The predicted octanol–water partition coefficient (Wildman–Crippen LogP) is 1.70. The number of phenolic OH excluding ortho intramolecular Hbond substituents is 1. The highest BCUT2D eigenvalue weighted by atomic mass is 16.3. The third kappa shape index (κ3) is 3.81. The van der Waals surface area contributed by atoms with E-state index in [4.69, 9.17) is 5.73 Å². The largest absolute Gasteiger partial charge is 0.508 e. The smallest absolute Gasteiger partial charge is 0.255 e. The Kier molecular flexibility index (Phi) is 6.51. The van der Waals surface area contributed by atoms with Crippen LogP contribution in [-0.4, -0.2) is 81.9 Å². The Hall–Kier alpha value is -4.48. The van der Waals surface area contributed by atoms with Crippen molar-refractivity contribution >= 4 is 35.3 Å². The van der Waals surface area contributed by atoms with Gasteiger partial charge in [0, 0.05) is 24.2 Å². The van der Waals surface area contributed by atoms with E-state index in [1.165, 1.54) is 11.0 Å². The molecule has 0 spiro atoms. The number of carbonyl (C=O) groups excluding carboxylic acids is 3. The lowest BCUT2D eigenvalue weighted by molar-refractivity contribution is -0.153. The maximum Gasteiger partial charge on any atom is 0.255 e. The van der Waals surface area contributed by atoms with Crippen molar-refractivity contribution in [2.45, 2.75) is 24.5 Å². The first-order valence-corrected chi connectivity index (χ1v) is 12.7. The summed E-state index contributed by atoms with van der Waals surface area (Å²) in [6.45, 7) is 0. The summed E-state index contributed by atoms with van der Waals surface area (Å²) in [6, 6.07) is 9.45. The molecule has 0 aliphatic heterocycles. The molecule has 0 saturated heterocycles. The summed E-state index contributed by atoms with van der Waals surface area (Å²) in [5.74, 6) is -6.76. The van der Waals surface area contributed by atoms with Crippen molar-refractivity contribution in [2.75, 3.05) is 26.5 Å². The molecule has 11 nitrogen and oxygen atoms in total. The number of carbonyl (C=O) groups is 3. The average molecular weight is 547 g/mol. The number of nitrogens with one attached hydrogen (secondary N) is 1. The lowest BCUT2D eigenvalue weighted by Crippen LogP contribution is -2.65. The molecule has 11 heteroatoms. The molecule has 5 rings (SSSR count). The van der Waals surface area contributed by atoms with Gasteiger partial charge in [-0.15, -0.1) is 0 Å². The van der Waals surface area contributed by atoms with Crippen LogP contribution in [0.5, 0.6) is 5.75 Å². The normalized spacial score (nSPS) is 26.2. The van der Waals surface area contributed by atoms with E-state index in [0.29, 0.717) is 5.56 Å². The van der Waals surface area contributed by atoms with Gasteiger partial charge in [-0.3, -0.25) is 24.3 Å². The first-order chi connectivity index (χ1) is 18.9. The van der Waals surface area contributed by atoms with Gasteiger partial charge >= 0.3 is 0 Å². The molecule has 0 aromatic heterocycles. The van der Waals surface area contributed by atoms with Gasteiger partial charge < -0.3 is 31.5 Å². The van der Waals surface area contributed by atoms with E-state index in [9.17, 15) is 34.8 Å². The summed E-state index contributed by atoms with van der Waals surface area (Å²) in [6.07, 6.45) is 1.79. The molecular weight excluding hydrogens is 516 g/mol. The number of benzene rings is 2. The van der Waals surface area contributed by atoms with Gasteiger partial charge in [0.1, 0.15) is 22.8 Å². The lowest BCUT2D eigenvalue weighted by atomic mass is 9.57. The summed E-state index contributed by atoms with van der Waals surface area (Å²) in [5.41, 5.74) is 4.66. The van der Waals surface area contributed by atoms with E-state index in [2.05, 4.69) is 10.3 Å². The summed E-state index contributed by atoms with van der Waals surface area (Å²) in [7, 11) is 4.77. The number of ketones is 2. The summed E-state index contributed by atoms with van der Waals surface area (Å²) in [5, 5.41) is 47.8. The van der Waals surface area contributed by atoms with Crippen molar-refractivity contribution in [3.63, 3.8) is 0 Å². The molecule has 2 aromatic rings. The van der Waals surface area contributed by atoms with E-state index in [1.54, 1.807) is 33.5 Å². The first-order valence-electron chi connectivity index (χ1n) is 12.7. The summed E-state index contributed by atoms with van der Waals surface area (Å²) in [4.78, 5) is 44.6. The number of Topliss-reactive ketones (excluding diaryl/α,β-unsaturated/α-hetero) is 2. The standard InChI is InChI=1S/C29H30N4O7/c1-31-12-32-15-6-4-13(5-7-15)16-8-9-19(34)21-17(16)10-14-11-18-23(33(2)3)25(36)22(28(30)39)27(38)29(18,40)26(37)20(14)24(21)35/h4-9,12,14,18,23,34-35,38,40H,10-11H2,1-3H3,(H2,30,39)(H,31,32)/t14-,18+,23-,29+/m1/s1. The Morgan fingerprint density at radius 2 is 1.80 bits per heavy atom. The van der Waals surface area contributed by atoms with Crippen LogP contribution in [0.25, 0.3) is 16.9 Å². The maximum atomic E-state index is 13.9. The Bertz CT molecular complexity index is 1540. The number of nitrogens with zero attached hydrogens (tertiary/aromatic N) is 2. The minimum absolute atomic E-state index is 0.0278. The van der Waals surface area contributed by atoms with Gasteiger partial charge in [0.15, 0.2) is 11.4 Å². The molecule has 0 bridgehead atoms. The van der Waals surface area contributed by atoms with Crippen molar-refractivity contribution in [1.82, 2.24) is 4.90 Å². The number of anilines is 1. The zero-order valence-corrected chi connectivity index (χ0v) is 22.2. The zero-order valence-electron chi connectivity index (χ0n) is 22.2. The van der Waals surface area contributed by atoms with Gasteiger partial charge in [0.2, 0.25) is 5.78 Å². The molecule has 208 valence electrons. The lowest BCUT2D eigenvalue weighted by Gasteiger charge is -2.50. The molecule has 1 saturated carbocycles. The molecule has 4 atom stereocenters. The van der Waals surface area contributed by atoms with E-state index in [0.717, 1.165) is 16.8 Å². The fourth-order valence-electron chi connectivity index (χ4n) is 6.40. The molecule has 0 unspecified atom stereocenters. The van der Waals surface area contributed by atoms with Crippen molar-refractivity contribution in [3.05, 3.63) is 64.4 Å². The molecule has 3 aliphatic rings. The van der Waals surface area contributed by atoms with Crippen LogP contribution in [0, 0.1) is 11.8 Å². The number of fused-ring (bicyclic) bond motifs is 3. The predicted molar refractivity (Wildman–Crippen MR) is 148 cm³/mol. The Labute approximate surface area is 230 Å². The Morgan fingerprint density at radius 3 is 2.40 bits per heavy atom. The summed E-state index contributed by atoms with van der Waals surface area (Å²) >= 11 is 0. The van der Waals surface area contributed by atoms with Gasteiger partial charge in [-0.05, 0) is 67.7 Å². The molecule has 40 heavy (non-hydrogen) atoms. The molecule has 3 aliphatic carbocycles. The van der Waals surface area contributed by atoms with Crippen LogP contribution in [0.15, 0.2) is 58.3 Å². The minimum atomic E-state index is -2.66. The second-order valence-corrected chi connectivity index (χ2v) is 10.6. The van der Waals surface area contributed by atoms with E-state index in [-0.39, 0.29) is 29.7 Å². The van der Waals surface area contributed by atoms with Gasteiger partial charge in [-0.25, -0.2) is 0 Å². The highest BCUT2D eigenvalue weighted by molar-refractivity contribution is 6.24. The van der Waals surface area contributed by atoms with Crippen LogP contribution >= 0.6 is 0 Å². The fourth-order valence-corrected chi connectivity index (χ4v) is 6.40. The number of aromatic hydroxyl groups is 1. The number of aliphatic hydroxyl groups is 3. The third-order valence-electron chi connectivity index (χ3n) is 8.16. The number of primary amides is 1. The van der Waals surface area contributed by atoms with Crippen LogP contribution in [0.1, 0.15) is 17.5 Å². The van der Waals surface area contributed by atoms with Crippen molar-refractivity contribution in [3.8, 4) is 16.9 Å². The topological polar surface area (TPSA) is 186 Å². The number of rotatable bonds is 5. The highest BCUT2D eigenvalue weighted by Gasteiger charge is 2.64. The number of nitrogens with two attached hydrogens (primary N) is 1.